The zero-order valence-corrected chi connectivity index (χ0v) is 22.1. The minimum atomic E-state index is -0.783. The van der Waals surface area contributed by atoms with Crippen LogP contribution in [0.4, 0.5) is 0 Å². The molecule has 1 aromatic carbocycles. The number of aromatic hydroxyl groups is 1. The smallest absolute Gasteiger partial charge is 0.127 e. The number of nitrogens with zero attached hydrogens (tertiary/aromatic N) is 6. The van der Waals surface area contributed by atoms with Crippen LogP contribution in [0.3, 0.4) is 0 Å². The normalized spacial score (nSPS) is 23.3. The quantitative estimate of drug-likeness (QED) is 0.497. The van der Waals surface area contributed by atoms with E-state index in [1.165, 1.54) is 0 Å². The molecule has 0 saturated carbocycles. The molecule has 2 aliphatic rings. The highest BCUT2D eigenvalue weighted by molar-refractivity contribution is 6.13. The van der Waals surface area contributed by atoms with Crippen molar-refractivity contribution in [3.8, 4) is 5.75 Å². The molecule has 0 bridgehead atoms. The van der Waals surface area contributed by atoms with Gasteiger partial charge in [-0.3, -0.25) is 9.98 Å². The molecule has 0 spiro atoms. The Morgan fingerprint density at radius 2 is 1.05 bits per heavy atom. The first-order valence-electron chi connectivity index (χ1n) is 12.4. The van der Waals surface area contributed by atoms with E-state index >= 15 is 0 Å². The van der Waals surface area contributed by atoms with Gasteiger partial charge in [-0.05, 0) is 46.3 Å². The summed E-state index contributed by atoms with van der Waals surface area (Å²) in [5.74, 6) is 0.206. The summed E-state index contributed by atoms with van der Waals surface area (Å²) >= 11 is 0. The third-order valence-corrected chi connectivity index (χ3v) is 7.52. The van der Waals surface area contributed by atoms with Crippen LogP contribution in [0.5, 0.6) is 5.75 Å². The maximum absolute atomic E-state index is 12.0. The van der Waals surface area contributed by atoms with Crippen molar-refractivity contribution in [1.82, 2.24) is 20.4 Å². The molecule has 2 unspecified atom stereocenters. The number of allylic oxidation sites excluding steroid dienone is 2. The number of rotatable bonds is 4. The Balaban J connectivity index is 1.70. The van der Waals surface area contributed by atoms with E-state index in [4.69, 9.17) is 9.98 Å². The van der Waals surface area contributed by atoms with Gasteiger partial charge in [0, 0.05) is 34.7 Å². The highest BCUT2D eigenvalue weighted by atomic mass is 16.3. The van der Waals surface area contributed by atoms with Gasteiger partial charge in [-0.15, -0.1) is 0 Å². The van der Waals surface area contributed by atoms with Gasteiger partial charge in [0.1, 0.15) is 16.8 Å². The molecule has 2 aliphatic heterocycles. The lowest BCUT2D eigenvalue weighted by Crippen LogP contribution is -2.38. The van der Waals surface area contributed by atoms with Crippen molar-refractivity contribution in [1.29, 1.82) is 0 Å². The molecule has 4 heterocycles. The second kappa shape index (κ2) is 8.54. The van der Waals surface area contributed by atoms with Crippen molar-refractivity contribution in [2.24, 2.45) is 20.8 Å². The van der Waals surface area contributed by atoms with Crippen LogP contribution in [0.25, 0.3) is 11.1 Å². The van der Waals surface area contributed by atoms with Gasteiger partial charge >= 0.3 is 0 Å². The number of phenolic OH excluding ortho intramolecular Hbond substituents is 1. The van der Waals surface area contributed by atoms with E-state index < -0.39 is 11.1 Å². The predicted octanol–water partition coefficient (Wildman–Crippen LogP) is 5.79. The standard InChI is InChI=1S/C30H32N6O/c1-27(2,3)29(14-22(16-31-29)20-10-12-33-35-18-20)24-8-7-9-25(26(24)37)30(28(4,5)6)15-23(17-32-30)21-11-13-34-36-19-21/h7-19,37H,1-6H3. The third-order valence-electron chi connectivity index (χ3n) is 7.52. The summed E-state index contributed by atoms with van der Waals surface area (Å²) in [5, 5.41) is 27.9. The number of hydrogen-bond acceptors (Lipinski definition) is 7. The number of aliphatic imine (C=N–C) groups is 2. The minimum absolute atomic E-state index is 0.206. The molecule has 37 heavy (non-hydrogen) atoms. The second-order valence-electron chi connectivity index (χ2n) is 11.7. The van der Waals surface area contributed by atoms with Crippen LogP contribution >= 0.6 is 0 Å². The van der Waals surface area contributed by atoms with Crippen molar-refractivity contribution in [3.63, 3.8) is 0 Å². The Labute approximate surface area is 217 Å². The van der Waals surface area contributed by atoms with Gasteiger partial charge in [-0.25, -0.2) is 0 Å². The molecule has 2 atom stereocenters. The van der Waals surface area contributed by atoms with Gasteiger partial charge in [-0.2, -0.15) is 20.4 Å². The largest absolute Gasteiger partial charge is 0.507 e. The minimum Gasteiger partial charge on any atom is -0.507 e. The van der Waals surface area contributed by atoms with E-state index in [9.17, 15) is 5.11 Å². The Kier molecular flexibility index (Phi) is 5.70. The Morgan fingerprint density at radius 1 is 0.622 bits per heavy atom. The molecule has 188 valence electrons. The van der Waals surface area contributed by atoms with Crippen molar-refractivity contribution < 1.29 is 5.11 Å². The third kappa shape index (κ3) is 3.89. The lowest BCUT2D eigenvalue weighted by atomic mass is 9.65. The zero-order chi connectivity index (χ0) is 26.5. The second-order valence-corrected chi connectivity index (χ2v) is 11.7. The summed E-state index contributed by atoms with van der Waals surface area (Å²) in [5.41, 5.74) is 3.03. The summed E-state index contributed by atoms with van der Waals surface area (Å²) in [7, 11) is 0. The fourth-order valence-electron chi connectivity index (χ4n) is 5.26. The maximum Gasteiger partial charge on any atom is 0.127 e. The van der Waals surface area contributed by atoms with Crippen LogP contribution in [-0.2, 0) is 11.1 Å². The zero-order valence-electron chi connectivity index (χ0n) is 22.1. The first-order valence-corrected chi connectivity index (χ1v) is 12.4. The van der Waals surface area contributed by atoms with E-state index in [1.54, 1.807) is 24.8 Å². The van der Waals surface area contributed by atoms with Crippen LogP contribution < -0.4 is 0 Å². The van der Waals surface area contributed by atoms with Gasteiger partial charge in [0.2, 0.25) is 0 Å². The molecule has 2 aromatic heterocycles. The molecule has 0 aliphatic carbocycles. The van der Waals surface area contributed by atoms with Gasteiger partial charge in [0.25, 0.3) is 0 Å². The van der Waals surface area contributed by atoms with E-state index in [0.717, 1.165) is 33.4 Å². The highest BCUT2D eigenvalue weighted by Crippen LogP contribution is 2.56. The number of phenols is 1. The van der Waals surface area contributed by atoms with Crippen LogP contribution in [0.1, 0.15) is 63.8 Å². The molecule has 3 aromatic rings. The van der Waals surface area contributed by atoms with Crippen molar-refractivity contribution in [2.45, 2.75) is 52.6 Å². The average Bonchev–Trinajstić information content (AvgIpc) is 3.52. The summed E-state index contributed by atoms with van der Waals surface area (Å²) in [6.07, 6.45) is 14.8. The van der Waals surface area contributed by atoms with Crippen LogP contribution in [-0.4, -0.2) is 37.9 Å². The van der Waals surface area contributed by atoms with Gasteiger partial charge < -0.3 is 5.11 Å². The van der Waals surface area contributed by atoms with Gasteiger partial charge in [0.15, 0.2) is 0 Å². The fourth-order valence-corrected chi connectivity index (χ4v) is 5.26. The molecular weight excluding hydrogens is 460 g/mol. The summed E-state index contributed by atoms with van der Waals surface area (Å²) < 4.78 is 0. The van der Waals surface area contributed by atoms with Crippen molar-refractivity contribution in [2.75, 3.05) is 0 Å². The topological polar surface area (TPSA) is 96.5 Å². The van der Waals surface area contributed by atoms with Crippen molar-refractivity contribution >= 4 is 23.6 Å². The Bertz CT molecular complexity index is 1340. The summed E-state index contributed by atoms with van der Waals surface area (Å²) in [6, 6.07) is 9.77. The molecule has 7 heteroatoms. The fraction of sp³-hybridized carbons (Fsp3) is 0.333. The molecule has 0 saturated heterocycles. The van der Waals surface area contributed by atoms with Crippen LogP contribution in [0, 0.1) is 10.8 Å². The van der Waals surface area contributed by atoms with E-state index in [0.29, 0.717) is 0 Å². The SMILES string of the molecule is CC(C)(C)C1(c2cccc(C3(C(C)(C)C)C=C(c4ccnnc4)C=N3)c2O)C=C(c2ccnnc2)C=N1. The van der Waals surface area contributed by atoms with Gasteiger partial charge in [0.05, 0.1) is 24.8 Å². The Morgan fingerprint density at radius 3 is 1.41 bits per heavy atom. The highest BCUT2D eigenvalue weighted by Gasteiger charge is 2.50. The molecular formula is C30H32N6O. The molecule has 0 amide bonds. The van der Waals surface area contributed by atoms with Gasteiger partial charge in [-0.1, -0.05) is 59.7 Å². The van der Waals surface area contributed by atoms with E-state index in [1.807, 2.05) is 42.8 Å². The van der Waals surface area contributed by atoms with Crippen molar-refractivity contribution in [3.05, 3.63) is 89.5 Å². The molecule has 5 rings (SSSR count). The van der Waals surface area contributed by atoms with E-state index in [-0.39, 0.29) is 16.6 Å². The van der Waals surface area contributed by atoms with Crippen LogP contribution in [0.15, 0.2) is 77.3 Å². The molecule has 1 N–H and O–H groups in total. The van der Waals surface area contributed by atoms with E-state index in [2.05, 4.69) is 74.1 Å². The lowest BCUT2D eigenvalue weighted by Gasteiger charge is -2.42. The monoisotopic (exact) mass is 492 g/mol. The maximum atomic E-state index is 12.0. The number of benzene rings is 1. The molecule has 0 radical (unpaired) electrons. The molecule has 0 fully saturated rings. The average molecular weight is 493 g/mol. The molecule has 7 nitrogen and oxygen atoms in total. The summed E-state index contributed by atoms with van der Waals surface area (Å²) in [4.78, 5) is 10.1. The number of hydrogen-bond donors (Lipinski definition) is 1. The predicted molar refractivity (Wildman–Crippen MR) is 147 cm³/mol. The van der Waals surface area contributed by atoms with Crippen LogP contribution in [0.2, 0.25) is 0 Å². The number of para-hydroxylation sites is 1. The first-order chi connectivity index (χ1) is 17.5. The number of aromatic nitrogens is 4. The summed E-state index contributed by atoms with van der Waals surface area (Å²) in [6.45, 7) is 12.8. The Hall–Kier alpha value is -4.00. The first kappa shape index (κ1) is 24.7. The lowest BCUT2D eigenvalue weighted by molar-refractivity contribution is 0.231.